The highest BCUT2D eigenvalue weighted by Gasteiger charge is 2.12. The van der Waals surface area contributed by atoms with E-state index in [0.717, 1.165) is 11.4 Å². The smallest absolute Gasteiger partial charge is 0.163 e. The van der Waals surface area contributed by atoms with Crippen LogP contribution in [0, 0.1) is 5.82 Å². The molecule has 0 unspecified atom stereocenters. The summed E-state index contributed by atoms with van der Waals surface area (Å²) in [4.78, 5) is 8.34. The van der Waals surface area contributed by atoms with Crippen molar-refractivity contribution in [1.29, 1.82) is 0 Å². The maximum absolute atomic E-state index is 13.3. The van der Waals surface area contributed by atoms with Gasteiger partial charge in [-0.05, 0) is 30.3 Å². The second kappa shape index (κ2) is 6.64. The summed E-state index contributed by atoms with van der Waals surface area (Å²) in [5.74, 6) is 2.27. The average molecular weight is 338 g/mol. The lowest BCUT2D eigenvalue weighted by Gasteiger charge is -2.19. The highest BCUT2D eigenvalue weighted by Crippen LogP contribution is 2.33. The third-order valence-electron chi connectivity index (χ3n) is 3.58. The molecule has 0 amide bonds. The number of ether oxygens (including phenoxy) is 2. The van der Waals surface area contributed by atoms with Crippen LogP contribution in [0.1, 0.15) is 0 Å². The lowest BCUT2D eigenvalue weighted by Crippen LogP contribution is -2.15. The molecule has 0 saturated carbocycles. The van der Waals surface area contributed by atoms with Crippen molar-refractivity contribution in [3.63, 3.8) is 0 Å². The Hall–Kier alpha value is -3.35. The molecule has 25 heavy (non-hydrogen) atoms. The lowest BCUT2D eigenvalue weighted by molar-refractivity contribution is 0.171. The molecule has 1 aromatic heterocycles. The van der Waals surface area contributed by atoms with E-state index in [0.29, 0.717) is 36.3 Å². The van der Waals surface area contributed by atoms with E-state index in [1.54, 1.807) is 18.2 Å². The number of aromatic nitrogens is 2. The monoisotopic (exact) mass is 338 g/mol. The van der Waals surface area contributed by atoms with E-state index < -0.39 is 0 Å². The quantitative estimate of drug-likeness (QED) is 0.752. The molecule has 4 rings (SSSR count). The highest BCUT2D eigenvalue weighted by atomic mass is 19.1. The molecule has 1 aliphatic rings. The molecule has 2 N–H and O–H groups in total. The van der Waals surface area contributed by atoms with Gasteiger partial charge in [0.2, 0.25) is 0 Å². The van der Waals surface area contributed by atoms with Gasteiger partial charge in [-0.3, -0.25) is 0 Å². The number of halogens is 1. The van der Waals surface area contributed by atoms with Crippen LogP contribution in [0.4, 0.5) is 27.4 Å². The summed E-state index contributed by atoms with van der Waals surface area (Å²) < 4.78 is 24.3. The van der Waals surface area contributed by atoms with Crippen LogP contribution in [0.3, 0.4) is 0 Å². The van der Waals surface area contributed by atoms with Crippen molar-refractivity contribution in [3.8, 4) is 11.5 Å². The number of nitrogens with zero attached hydrogens (tertiary/aromatic N) is 2. The van der Waals surface area contributed by atoms with Crippen LogP contribution in [0.2, 0.25) is 0 Å². The predicted octanol–water partition coefficient (Wildman–Crippen LogP) is 3.87. The van der Waals surface area contributed by atoms with Gasteiger partial charge in [0.1, 0.15) is 37.0 Å². The van der Waals surface area contributed by atoms with Gasteiger partial charge < -0.3 is 20.1 Å². The zero-order valence-electron chi connectivity index (χ0n) is 13.2. The van der Waals surface area contributed by atoms with Gasteiger partial charge in [0.25, 0.3) is 0 Å². The molecule has 0 bridgehead atoms. The maximum Gasteiger partial charge on any atom is 0.163 e. The van der Waals surface area contributed by atoms with Crippen LogP contribution in [0.15, 0.2) is 54.9 Å². The van der Waals surface area contributed by atoms with Crippen LogP contribution in [-0.2, 0) is 0 Å². The van der Waals surface area contributed by atoms with Crippen molar-refractivity contribution < 1.29 is 13.9 Å². The molecule has 2 aromatic carbocycles. The van der Waals surface area contributed by atoms with Crippen molar-refractivity contribution in [1.82, 2.24) is 9.97 Å². The van der Waals surface area contributed by atoms with Crippen molar-refractivity contribution >= 4 is 23.0 Å². The van der Waals surface area contributed by atoms with Gasteiger partial charge in [0.15, 0.2) is 11.5 Å². The minimum Gasteiger partial charge on any atom is -0.486 e. The van der Waals surface area contributed by atoms with Gasteiger partial charge in [0.05, 0.1) is 0 Å². The molecule has 0 saturated heterocycles. The van der Waals surface area contributed by atoms with Crippen molar-refractivity contribution in [2.24, 2.45) is 0 Å². The summed E-state index contributed by atoms with van der Waals surface area (Å²) in [7, 11) is 0. The van der Waals surface area contributed by atoms with E-state index in [4.69, 9.17) is 9.47 Å². The number of rotatable bonds is 4. The highest BCUT2D eigenvalue weighted by molar-refractivity contribution is 5.65. The zero-order chi connectivity index (χ0) is 17.1. The Bertz CT molecular complexity index is 904. The molecule has 0 spiro atoms. The maximum atomic E-state index is 13.3. The first-order valence-electron chi connectivity index (χ1n) is 7.77. The molecule has 6 nitrogen and oxygen atoms in total. The lowest BCUT2D eigenvalue weighted by atomic mass is 10.2. The normalized spacial score (nSPS) is 12.5. The van der Waals surface area contributed by atoms with E-state index in [1.807, 2.05) is 18.2 Å². The predicted molar refractivity (Wildman–Crippen MR) is 92.4 cm³/mol. The summed E-state index contributed by atoms with van der Waals surface area (Å²) in [5, 5.41) is 6.24. The minimum absolute atomic E-state index is 0.311. The Morgan fingerprint density at radius 3 is 2.28 bits per heavy atom. The first-order valence-corrected chi connectivity index (χ1v) is 7.77. The fourth-order valence-corrected chi connectivity index (χ4v) is 2.48. The molecule has 0 atom stereocenters. The molecule has 126 valence electrons. The Labute approximate surface area is 143 Å². The molecule has 3 aromatic rings. The van der Waals surface area contributed by atoms with Crippen molar-refractivity contribution in [3.05, 3.63) is 60.7 Å². The van der Waals surface area contributed by atoms with Gasteiger partial charge in [-0.2, -0.15) is 0 Å². The second-order valence-corrected chi connectivity index (χ2v) is 5.41. The van der Waals surface area contributed by atoms with E-state index in [2.05, 4.69) is 20.6 Å². The van der Waals surface area contributed by atoms with Crippen LogP contribution >= 0.6 is 0 Å². The standard InChI is InChI=1S/C18H15FN4O2/c19-12-2-1-3-13(8-12)22-17-10-18(21-11-20-17)23-14-4-5-15-16(9-14)25-7-6-24-15/h1-5,8-11H,6-7H2,(H2,20,21,22,23). The summed E-state index contributed by atoms with van der Waals surface area (Å²) >= 11 is 0. The minimum atomic E-state index is -0.311. The van der Waals surface area contributed by atoms with E-state index in [-0.39, 0.29) is 5.82 Å². The molecule has 0 radical (unpaired) electrons. The Morgan fingerprint density at radius 2 is 1.52 bits per heavy atom. The molecule has 1 aliphatic heterocycles. The van der Waals surface area contributed by atoms with Gasteiger partial charge in [-0.25, -0.2) is 14.4 Å². The van der Waals surface area contributed by atoms with Gasteiger partial charge in [-0.15, -0.1) is 0 Å². The Morgan fingerprint density at radius 1 is 0.800 bits per heavy atom. The fourth-order valence-electron chi connectivity index (χ4n) is 2.48. The average Bonchev–Trinajstić information content (AvgIpc) is 2.62. The third kappa shape index (κ3) is 3.60. The SMILES string of the molecule is Fc1cccc(Nc2cc(Nc3ccc4c(c3)OCCO4)ncn2)c1. The van der Waals surface area contributed by atoms with Gasteiger partial charge in [-0.1, -0.05) is 6.07 Å². The van der Waals surface area contributed by atoms with Crippen LogP contribution < -0.4 is 20.1 Å². The zero-order valence-corrected chi connectivity index (χ0v) is 13.2. The van der Waals surface area contributed by atoms with E-state index in [9.17, 15) is 4.39 Å². The molecular weight excluding hydrogens is 323 g/mol. The molecular formula is C18H15FN4O2. The molecule has 0 aliphatic carbocycles. The number of hydrogen-bond donors (Lipinski definition) is 2. The van der Waals surface area contributed by atoms with Crippen LogP contribution in [0.25, 0.3) is 0 Å². The summed E-state index contributed by atoms with van der Waals surface area (Å²) in [6, 6.07) is 13.5. The first-order chi connectivity index (χ1) is 12.3. The first kappa shape index (κ1) is 15.2. The topological polar surface area (TPSA) is 68.3 Å². The Balaban J connectivity index is 1.51. The fraction of sp³-hybridized carbons (Fsp3) is 0.111. The van der Waals surface area contributed by atoms with Crippen LogP contribution in [-0.4, -0.2) is 23.2 Å². The summed E-state index contributed by atoms with van der Waals surface area (Å²) in [6.07, 6.45) is 1.43. The number of nitrogens with one attached hydrogen (secondary N) is 2. The van der Waals surface area contributed by atoms with Crippen molar-refractivity contribution in [2.45, 2.75) is 0 Å². The molecule has 7 heteroatoms. The van der Waals surface area contributed by atoms with Crippen molar-refractivity contribution in [2.75, 3.05) is 23.8 Å². The van der Waals surface area contributed by atoms with E-state index >= 15 is 0 Å². The number of fused-ring (bicyclic) bond motifs is 1. The number of anilines is 4. The molecule has 0 fully saturated rings. The summed E-state index contributed by atoms with van der Waals surface area (Å²) in [6.45, 7) is 1.09. The Kier molecular flexibility index (Phi) is 4.04. The van der Waals surface area contributed by atoms with Gasteiger partial charge in [0, 0.05) is 23.5 Å². The molecule has 2 heterocycles. The second-order valence-electron chi connectivity index (χ2n) is 5.41. The van der Waals surface area contributed by atoms with Crippen LogP contribution in [0.5, 0.6) is 11.5 Å². The number of benzene rings is 2. The third-order valence-corrected chi connectivity index (χ3v) is 3.58. The van der Waals surface area contributed by atoms with E-state index in [1.165, 1.54) is 18.5 Å². The largest absolute Gasteiger partial charge is 0.486 e. The number of hydrogen-bond acceptors (Lipinski definition) is 6. The van der Waals surface area contributed by atoms with Gasteiger partial charge >= 0.3 is 0 Å². The summed E-state index contributed by atoms with van der Waals surface area (Å²) in [5.41, 5.74) is 1.43.